The summed E-state index contributed by atoms with van der Waals surface area (Å²) in [5.74, 6) is -2.10. The number of phosphoric ester groups is 1. The molecule has 1 aliphatic heterocycles. The van der Waals surface area contributed by atoms with E-state index in [2.05, 4.69) is 0 Å². The van der Waals surface area contributed by atoms with Crippen molar-refractivity contribution in [2.24, 2.45) is 0 Å². The highest BCUT2D eigenvalue weighted by Crippen LogP contribution is 2.53. The monoisotopic (exact) mass is 366 g/mol. The fraction of sp³-hybridized carbons (Fsp3) is 0.250. The molecule has 1 atom stereocenters. The molecule has 1 unspecified atom stereocenters. The Labute approximate surface area is 143 Å². The number of hydroxylamine groups is 4. The molecule has 2 aromatic carbocycles. The van der Waals surface area contributed by atoms with E-state index in [4.69, 9.17) is 13.7 Å². The number of carbonyl (C=O) groups excluding carboxylic acids is 2. The molecule has 132 valence electrons. The normalized spacial score (nSPS) is 20.3. The molecule has 9 heteroatoms. The molecule has 0 aromatic heterocycles. The lowest BCUT2D eigenvalue weighted by atomic mass is 10.0. The van der Waals surface area contributed by atoms with Gasteiger partial charge in [-0.15, -0.1) is 0 Å². The lowest BCUT2D eigenvalue weighted by Gasteiger charge is -2.21. The minimum absolute atomic E-state index is 0.00477. The smallest absolute Gasteiger partial charge is 0.284 e. The lowest BCUT2D eigenvalue weighted by molar-refractivity contribution is -1.11. The zero-order valence-corrected chi connectivity index (χ0v) is 14.6. The van der Waals surface area contributed by atoms with E-state index in [0.29, 0.717) is 10.8 Å². The van der Waals surface area contributed by atoms with Crippen LogP contribution in [0.5, 0.6) is 0 Å². The fourth-order valence-corrected chi connectivity index (χ4v) is 3.95. The molecule has 1 N–H and O–H groups in total. The predicted octanol–water partition coefficient (Wildman–Crippen LogP) is 3.45. The van der Waals surface area contributed by atoms with Gasteiger partial charge < -0.3 is 0 Å². The zero-order valence-electron chi connectivity index (χ0n) is 13.7. The van der Waals surface area contributed by atoms with Gasteiger partial charge in [0.1, 0.15) is 15.9 Å². The van der Waals surface area contributed by atoms with Crippen LogP contribution in [0.15, 0.2) is 36.4 Å². The van der Waals surface area contributed by atoms with Crippen molar-refractivity contribution in [3.63, 3.8) is 0 Å². The van der Waals surface area contributed by atoms with Crippen molar-refractivity contribution < 1.29 is 37.8 Å². The Bertz CT molecular complexity index is 902. The second-order valence-electron chi connectivity index (χ2n) is 5.26. The van der Waals surface area contributed by atoms with E-state index < -0.39 is 24.4 Å². The Kier molecular flexibility index (Phi) is 4.59. The third-order valence-corrected chi connectivity index (χ3v) is 5.30. The van der Waals surface area contributed by atoms with Crippen LogP contribution in [0.1, 0.15) is 34.6 Å². The van der Waals surface area contributed by atoms with E-state index in [1.807, 2.05) is 0 Å². The SMILES string of the molecule is CCOP(=O)(OCC)O[N+]1(O)C(=O)c2ccc3ccccc3c2C1=O. The lowest BCUT2D eigenvalue weighted by Crippen LogP contribution is -2.49. The third kappa shape index (κ3) is 2.83. The van der Waals surface area contributed by atoms with Gasteiger partial charge in [-0.05, 0) is 35.3 Å². The number of phosphoric acid groups is 1. The summed E-state index contributed by atoms with van der Waals surface area (Å²) in [5.41, 5.74) is -0.0177. The van der Waals surface area contributed by atoms with Gasteiger partial charge in [-0.25, -0.2) is 14.2 Å². The van der Waals surface area contributed by atoms with Gasteiger partial charge in [-0.3, -0.25) is 9.05 Å². The predicted molar refractivity (Wildman–Crippen MR) is 86.6 cm³/mol. The van der Waals surface area contributed by atoms with Gasteiger partial charge in [-0.2, -0.15) is 5.21 Å². The van der Waals surface area contributed by atoms with Crippen LogP contribution < -0.4 is 0 Å². The third-order valence-electron chi connectivity index (χ3n) is 3.72. The van der Waals surface area contributed by atoms with E-state index >= 15 is 0 Å². The Morgan fingerprint density at radius 3 is 2.28 bits per heavy atom. The van der Waals surface area contributed by atoms with E-state index in [1.165, 1.54) is 19.9 Å². The number of rotatable bonds is 6. The number of hydrogen-bond donors (Lipinski definition) is 1. The number of quaternary nitrogens is 1. The summed E-state index contributed by atoms with van der Waals surface area (Å²) >= 11 is 0. The Morgan fingerprint density at radius 2 is 1.64 bits per heavy atom. The van der Waals surface area contributed by atoms with Gasteiger partial charge in [0.15, 0.2) is 0 Å². The first-order valence-corrected chi connectivity index (χ1v) is 9.16. The largest absolute Gasteiger partial charge is 0.525 e. The van der Waals surface area contributed by atoms with Crippen LogP contribution in [0.25, 0.3) is 10.8 Å². The van der Waals surface area contributed by atoms with Crippen molar-refractivity contribution in [3.8, 4) is 0 Å². The summed E-state index contributed by atoms with van der Waals surface area (Å²) in [6.07, 6.45) is 0. The molecule has 2 aromatic rings. The topological polar surface area (TPSA) is 99.1 Å². The van der Waals surface area contributed by atoms with Crippen molar-refractivity contribution in [1.29, 1.82) is 0 Å². The van der Waals surface area contributed by atoms with Crippen LogP contribution in [0.4, 0.5) is 0 Å². The molecule has 2 amide bonds. The van der Waals surface area contributed by atoms with Crippen LogP contribution >= 0.6 is 7.82 Å². The standard InChI is InChI=1S/C16H17NO7P/c1-3-22-25(21,23-4-2)24-17(20)15(18)13-10-9-11-7-5-6-8-12(11)14(13)16(17)19/h5-10,20H,3-4H2,1-2H3/q+1. The number of fused-ring (bicyclic) bond motifs is 3. The number of imide groups is 1. The molecule has 1 aliphatic rings. The van der Waals surface area contributed by atoms with Crippen LogP contribution in [0.2, 0.25) is 0 Å². The summed E-state index contributed by atoms with van der Waals surface area (Å²) in [4.78, 5) is 23.2. The Morgan fingerprint density at radius 1 is 1.00 bits per heavy atom. The summed E-state index contributed by atoms with van der Waals surface area (Å²) in [6, 6.07) is 9.98. The Balaban J connectivity index is 2.09. The highest BCUT2D eigenvalue weighted by atomic mass is 31.2. The van der Waals surface area contributed by atoms with Gasteiger partial charge in [0.25, 0.3) is 0 Å². The molecule has 0 fully saturated rings. The molecule has 0 saturated heterocycles. The second kappa shape index (κ2) is 6.42. The molecule has 3 rings (SSSR count). The van der Waals surface area contributed by atoms with Gasteiger partial charge in [-0.1, -0.05) is 30.3 Å². The van der Waals surface area contributed by atoms with Crippen LogP contribution in [-0.2, 0) is 18.2 Å². The first-order valence-electron chi connectivity index (χ1n) is 7.70. The quantitative estimate of drug-likeness (QED) is 0.362. The average molecular weight is 366 g/mol. The van der Waals surface area contributed by atoms with Crippen molar-refractivity contribution in [2.75, 3.05) is 13.2 Å². The molecule has 0 saturated carbocycles. The number of hydrogen-bond acceptors (Lipinski definition) is 7. The van der Waals surface area contributed by atoms with Gasteiger partial charge in [0.2, 0.25) is 0 Å². The summed E-state index contributed by atoms with van der Waals surface area (Å²) in [6.45, 7) is 2.95. The highest BCUT2D eigenvalue weighted by Gasteiger charge is 2.62. The van der Waals surface area contributed by atoms with Crippen molar-refractivity contribution in [2.45, 2.75) is 13.8 Å². The zero-order chi connectivity index (χ0) is 18.2. The summed E-state index contributed by atoms with van der Waals surface area (Å²) in [7, 11) is -4.32. The van der Waals surface area contributed by atoms with Crippen LogP contribution in [-0.4, -0.2) is 35.0 Å². The second-order valence-corrected chi connectivity index (χ2v) is 6.83. The molecular weight excluding hydrogens is 349 g/mol. The molecule has 1 heterocycles. The molecule has 0 spiro atoms. The molecule has 0 aliphatic carbocycles. The minimum Gasteiger partial charge on any atom is -0.284 e. The highest BCUT2D eigenvalue weighted by molar-refractivity contribution is 7.48. The maximum Gasteiger partial charge on any atom is 0.525 e. The summed E-state index contributed by atoms with van der Waals surface area (Å²) < 4.78 is 27.3. The summed E-state index contributed by atoms with van der Waals surface area (Å²) in [5, 5.41) is 11.8. The van der Waals surface area contributed by atoms with E-state index in [-0.39, 0.29) is 24.3 Å². The van der Waals surface area contributed by atoms with Gasteiger partial charge in [0.05, 0.1) is 13.2 Å². The fourth-order valence-electron chi connectivity index (χ4n) is 2.71. The first-order chi connectivity index (χ1) is 11.9. The van der Waals surface area contributed by atoms with E-state index in [1.54, 1.807) is 30.3 Å². The van der Waals surface area contributed by atoms with Crippen molar-refractivity contribution in [3.05, 3.63) is 47.5 Å². The molecule has 0 radical (unpaired) electrons. The van der Waals surface area contributed by atoms with Crippen molar-refractivity contribution in [1.82, 2.24) is 0 Å². The van der Waals surface area contributed by atoms with Gasteiger partial charge >= 0.3 is 19.6 Å². The van der Waals surface area contributed by atoms with E-state index in [0.717, 1.165) is 0 Å². The minimum atomic E-state index is -4.32. The maximum atomic E-state index is 12.8. The number of carbonyl (C=O) groups is 2. The Hall–Kier alpha value is -1.93. The van der Waals surface area contributed by atoms with Crippen LogP contribution in [0.3, 0.4) is 0 Å². The first kappa shape index (κ1) is 17.9. The van der Waals surface area contributed by atoms with Crippen LogP contribution in [0, 0.1) is 0 Å². The molecular formula is C16H17NO7P+. The molecule has 8 nitrogen and oxygen atoms in total. The van der Waals surface area contributed by atoms with Crippen molar-refractivity contribution >= 4 is 30.4 Å². The van der Waals surface area contributed by atoms with E-state index in [9.17, 15) is 19.4 Å². The average Bonchev–Trinajstić information content (AvgIpc) is 2.77. The maximum absolute atomic E-state index is 12.8. The molecule has 0 bridgehead atoms. The number of benzene rings is 2. The molecule has 25 heavy (non-hydrogen) atoms. The number of nitrogens with zero attached hydrogens (tertiary/aromatic N) is 1. The number of amides is 2. The van der Waals surface area contributed by atoms with Gasteiger partial charge in [0, 0.05) is 0 Å².